The highest BCUT2D eigenvalue weighted by molar-refractivity contribution is 7.07. The van der Waals surface area contributed by atoms with Crippen molar-refractivity contribution >= 4 is 17.2 Å². The lowest BCUT2D eigenvalue weighted by Gasteiger charge is -2.03. The SMILES string of the molecule is NCCCCCC(=O)NCCc1cscn1. The van der Waals surface area contributed by atoms with Crippen LogP contribution in [0.15, 0.2) is 10.9 Å². The van der Waals surface area contributed by atoms with Gasteiger partial charge in [-0.15, -0.1) is 11.3 Å². The number of rotatable bonds is 8. The Morgan fingerprint density at radius 1 is 1.44 bits per heavy atom. The largest absolute Gasteiger partial charge is 0.356 e. The molecule has 1 amide bonds. The number of unbranched alkanes of at least 4 members (excludes halogenated alkanes) is 2. The highest BCUT2D eigenvalue weighted by atomic mass is 32.1. The van der Waals surface area contributed by atoms with E-state index in [0.29, 0.717) is 19.5 Å². The second-order valence-corrected chi connectivity index (χ2v) is 4.40. The average Bonchev–Trinajstić information content (AvgIpc) is 2.77. The number of thiazole rings is 1. The van der Waals surface area contributed by atoms with Crippen LogP contribution in [0.2, 0.25) is 0 Å². The molecular formula is C11H19N3OS. The van der Waals surface area contributed by atoms with E-state index in [1.165, 1.54) is 0 Å². The molecule has 0 saturated heterocycles. The van der Waals surface area contributed by atoms with Gasteiger partial charge in [-0.25, -0.2) is 4.98 Å². The summed E-state index contributed by atoms with van der Waals surface area (Å²) in [7, 11) is 0. The molecule has 1 aromatic rings. The van der Waals surface area contributed by atoms with Crippen molar-refractivity contribution < 1.29 is 4.79 Å². The van der Waals surface area contributed by atoms with E-state index in [-0.39, 0.29) is 5.91 Å². The topological polar surface area (TPSA) is 68.0 Å². The molecule has 0 aliphatic carbocycles. The van der Waals surface area contributed by atoms with Gasteiger partial charge in [-0.2, -0.15) is 0 Å². The number of nitrogens with two attached hydrogens (primary N) is 1. The highest BCUT2D eigenvalue weighted by Crippen LogP contribution is 2.01. The standard InChI is InChI=1S/C11H19N3OS/c12-6-3-1-2-4-11(15)13-7-5-10-8-16-9-14-10/h8-9H,1-7,12H2,(H,13,15). The first-order valence-corrected chi connectivity index (χ1v) is 6.61. The van der Waals surface area contributed by atoms with Crippen LogP contribution < -0.4 is 11.1 Å². The van der Waals surface area contributed by atoms with Crippen LogP contribution in [0, 0.1) is 0 Å². The van der Waals surface area contributed by atoms with Crippen LogP contribution in [0.4, 0.5) is 0 Å². The van der Waals surface area contributed by atoms with E-state index >= 15 is 0 Å². The first-order valence-electron chi connectivity index (χ1n) is 5.66. The lowest BCUT2D eigenvalue weighted by atomic mass is 10.2. The molecule has 16 heavy (non-hydrogen) atoms. The number of carbonyl (C=O) groups excluding carboxylic acids is 1. The van der Waals surface area contributed by atoms with Crippen molar-refractivity contribution in [3.8, 4) is 0 Å². The molecule has 0 unspecified atom stereocenters. The van der Waals surface area contributed by atoms with Gasteiger partial charge in [-0.05, 0) is 19.4 Å². The van der Waals surface area contributed by atoms with Crippen molar-refractivity contribution in [1.82, 2.24) is 10.3 Å². The summed E-state index contributed by atoms with van der Waals surface area (Å²) in [6, 6.07) is 0. The Hall–Kier alpha value is -0.940. The minimum atomic E-state index is 0.132. The summed E-state index contributed by atoms with van der Waals surface area (Å²) in [5, 5.41) is 4.90. The molecule has 0 radical (unpaired) electrons. The van der Waals surface area contributed by atoms with E-state index in [1.807, 2.05) is 10.9 Å². The van der Waals surface area contributed by atoms with Gasteiger partial charge in [0.15, 0.2) is 0 Å². The zero-order valence-corrected chi connectivity index (χ0v) is 10.3. The summed E-state index contributed by atoms with van der Waals surface area (Å²) < 4.78 is 0. The molecule has 90 valence electrons. The van der Waals surface area contributed by atoms with E-state index in [4.69, 9.17) is 5.73 Å². The lowest BCUT2D eigenvalue weighted by Crippen LogP contribution is -2.25. The van der Waals surface area contributed by atoms with Crippen molar-refractivity contribution in [2.75, 3.05) is 13.1 Å². The van der Waals surface area contributed by atoms with Crippen LogP contribution in [0.5, 0.6) is 0 Å². The first-order chi connectivity index (χ1) is 7.83. The summed E-state index contributed by atoms with van der Waals surface area (Å²) >= 11 is 1.58. The fourth-order valence-corrected chi connectivity index (χ4v) is 1.98. The third kappa shape index (κ3) is 5.82. The molecule has 0 aromatic carbocycles. The molecule has 1 heterocycles. The van der Waals surface area contributed by atoms with Gasteiger partial charge in [0, 0.05) is 24.8 Å². The summed E-state index contributed by atoms with van der Waals surface area (Å²) in [5.74, 6) is 0.132. The minimum Gasteiger partial charge on any atom is -0.356 e. The van der Waals surface area contributed by atoms with Gasteiger partial charge >= 0.3 is 0 Å². The van der Waals surface area contributed by atoms with Gasteiger partial charge in [-0.1, -0.05) is 6.42 Å². The molecular weight excluding hydrogens is 222 g/mol. The van der Waals surface area contributed by atoms with Crippen LogP contribution in [0.3, 0.4) is 0 Å². The van der Waals surface area contributed by atoms with Crippen LogP contribution >= 0.6 is 11.3 Å². The molecule has 3 N–H and O–H groups in total. The molecule has 1 rings (SSSR count). The Morgan fingerprint density at radius 2 is 2.31 bits per heavy atom. The second-order valence-electron chi connectivity index (χ2n) is 3.68. The Kier molecular flexibility index (Phi) is 6.76. The predicted molar refractivity (Wildman–Crippen MR) is 66.4 cm³/mol. The Labute approximate surface area is 100 Å². The number of nitrogens with zero attached hydrogens (tertiary/aromatic N) is 1. The van der Waals surface area contributed by atoms with Crippen molar-refractivity contribution in [2.24, 2.45) is 5.73 Å². The third-order valence-corrected chi connectivity index (χ3v) is 2.93. The maximum Gasteiger partial charge on any atom is 0.220 e. The molecule has 0 atom stereocenters. The van der Waals surface area contributed by atoms with Crippen LogP contribution in [0.25, 0.3) is 0 Å². The highest BCUT2D eigenvalue weighted by Gasteiger charge is 2.01. The summed E-state index contributed by atoms with van der Waals surface area (Å²) in [6.45, 7) is 1.39. The van der Waals surface area contributed by atoms with Crippen molar-refractivity contribution in [2.45, 2.75) is 32.1 Å². The molecule has 0 bridgehead atoms. The molecule has 0 saturated carbocycles. The number of carbonyl (C=O) groups is 1. The average molecular weight is 241 g/mol. The number of aromatic nitrogens is 1. The Balaban J connectivity index is 1.98. The lowest BCUT2D eigenvalue weighted by molar-refractivity contribution is -0.121. The van der Waals surface area contributed by atoms with E-state index in [1.54, 1.807) is 11.3 Å². The Bertz CT molecular complexity index is 287. The number of hydrogen-bond donors (Lipinski definition) is 2. The number of nitrogens with one attached hydrogen (secondary N) is 1. The summed E-state index contributed by atoms with van der Waals surface area (Å²) in [6.07, 6.45) is 4.40. The van der Waals surface area contributed by atoms with Gasteiger partial charge in [0.2, 0.25) is 5.91 Å². The second kappa shape index (κ2) is 8.24. The first kappa shape index (κ1) is 13.1. The normalized spacial score (nSPS) is 10.3. The molecule has 4 nitrogen and oxygen atoms in total. The van der Waals surface area contributed by atoms with Gasteiger partial charge in [0.1, 0.15) is 0 Å². The Morgan fingerprint density at radius 3 is 3.00 bits per heavy atom. The molecule has 0 aliphatic rings. The fourth-order valence-electron chi connectivity index (χ4n) is 1.39. The summed E-state index contributed by atoms with van der Waals surface area (Å²) in [4.78, 5) is 15.5. The summed E-state index contributed by atoms with van der Waals surface area (Å²) in [5.41, 5.74) is 8.23. The van der Waals surface area contributed by atoms with Crippen molar-refractivity contribution in [1.29, 1.82) is 0 Å². The van der Waals surface area contributed by atoms with E-state index in [9.17, 15) is 4.79 Å². The van der Waals surface area contributed by atoms with Crippen molar-refractivity contribution in [3.63, 3.8) is 0 Å². The van der Waals surface area contributed by atoms with Gasteiger partial charge in [-0.3, -0.25) is 4.79 Å². The van der Waals surface area contributed by atoms with Crippen LogP contribution in [-0.4, -0.2) is 24.0 Å². The number of hydrogen-bond acceptors (Lipinski definition) is 4. The third-order valence-electron chi connectivity index (χ3n) is 2.29. The van der Waals surface area contributed by atoms with E-state index in [2.05, 4.69) is 10.3 Å². The molecule has 0 spiro atoms. The van der Waals surface area contributed by atoms with E-state index in [0.717, 1.165) is 31.4 Å². The zero-order valence-electron chi connectivity index (χ0n) is 9.45. The van der Waals surface area contributed by atoms with Crippen LogP contribution in [0.1, 0.15) is 31.4 Å². The van der Waals surface area contributed by atoms with E-state index < -0.39 is 0 Å². The molecule has 0 fully saturated rings. The van der Waals surface area contributed by atoms with Crippen LogP contribution in [-0.2, 0) is 11.2 Å². The zero-order chi connectivity index (χ0) is 11.6. The van der Waals surface area contributed by atoms with Gasteiger partial charge < -0.3 is 11.1 Å². The monoisotopic (exact) mass is 241 g/mol. The maximum atomic E-state index is 11.4. The molecule has 0 aliphatic heterocycles. The fraction of sp³-hybridized carbons (Fsp3) is 0.636. The number of amides is 1. The molecule has 5 heteroatoms. The van der Waals surface area contributed by atoms with Gasteiger partial charge in [0.25, 0.3) is 0 Å². The quantitative estimate of drug-likeness (QED) is 0.674. The molecule has 1 aromatic heterocycles. The minimum absolute atomic E-state index is 0.132. The maximum absolute atomic E-state index is 11.4. The smallest absolute Gasteiger partial charge is 0.220 e. The predicted octanol–water partition coefficient (Wildman–Crippen LogP) is 1.32. The van der Waals surface area contributed by atoms with Crippen molar-refractivity contribution in [3.05, 3.63) is 16.6 Å². The van der Waals surface area contributed by atoms with Gasteiger partial charge in [0.05, 0.1) is 11.2 Å².